The van der Waals surface area contributed by atoms with E-state index >= 15 is 0 Å². The predicted octanol–water partition coefficient (Wildman–Crippen LogP) is 3.04. The summed E-state index contributed by atoms with van der Waals surface area (Å²) in [6.45, 7) is 11.8. The maximum atomic E-state index is 12.0. The zero-order valence-corrected chi connectivity index (χ0v) is 22.9. The fourth-order valence-electron chi connectivity index (χ4n) is 3.20. The molecule has 0 rings (SSSR count). The molecule has 0 aliphatic rings. The van der Waals surface area contributed by atoms with E-state index in [9.17, 15) is 14.7 Å². The predicted molar refractivity (Wildman–Crippen MR) is 146 cm³/mol. The highest BCUT2D eigenvalue weighted by atomic mass is 16.3. The van der Waals surface area contributed by atoms with Crippen LogP contribution in [0.25, 0.3) is 0 Å². The maximum absolute atomic E-state index is 12.0. The molecule has 0 fully saturated rings. The molecule has 0 aliphatic heterocycles. The highest BCUT2D eigenvalue weighted by molar-refractivity contribution is 5.81. The van der Waals surface area contributed by atoms with Crippen molar-refractivity contribution in [3.05, 3.63) is 0 Å². The maximum Gasteiger partial charge on any atom is 0.248 e. The normalized spacial score (nSPS) is 13.7. The van der Waals surface area contributed by atoms with Crippen LogP contribution in [0.4, 0.5) is 0 Å². The van der Waals surface area contributed by atoms with Gasteiger partial charge in [-0.05, 0) is 58.3 Å². The lowest BCUT2D eigenvalue weighted by Crippen LogP contribution is -2.42. The standard InChI is InChI=1S/C26H52N6O3/c1-6-26(4,5)32-24(34)15-11-12-21(33)25(35)31-19-18-30-23(28)14-10-8-7-9-13-22(27)29-17-16-20(2)3/h20-21,33H,6-19H2,1-5H3,(H2,27,29)(H2,28,30)(H,31,35)(H,32,34). The van der Waals surface area contributed by atoms with Crippen molar-refractivity contribution in [2.75, 3.05) is 19.6 Å². The number of carbonyl (C=O) groups excluding carboxylic acids is 2. The van der Waals surface area contributed by atoms with E-state index in [1.54, 1.807) is 0 Å². The van der Waals surface area contributed by atoms with Crippen LogP contribution in [0.15, 0.2) is 9.98 Å². The lowest BCUT2D eigenvalue weighted by atomic mass is 10.0. The van der Waals surface area contributed by atoms with E-state index in [1.165, 1.54) is 0 Å². The van der Waals surface area contributed by atoms with Crippen LogP contribution in [0, 0.1) is 5.92 Å². The minimum atomic E-state index is -1.13. The van der Waals surface area contributed by atoms with Gasteiger partial charge in [-0.2, -0.15) is 0 Å². The quantitative estimate of drug-likeness (QED) is 0.0995. The SMILES string of the molecule is CCC(C)(C)NC(=O)CCCC(O)C(=O)NCCN=C(N)CCCCCCC(N)=NCCC(C)C. The molecule has 7 N–H and O–H groups in total. The number of nitrogens with one attached hydrogen (secondary N) is 2. The van der Waals surface area contributed by atoms with Gasteiger partial charge in [-0.3, -0.25) is 19.6 Å². The van der Waals surface area contributed by atoms with Crippen LogP contribution in [0.2, 0.25) is 0 Å². The van der Waals surface area contributed by atoms with Crippen molar-refractivity contribution in [2.45, 2.75) is 117 Å². The zero-order valence-electron chi connectivity index (χ0n) is 22.9. The summed E-state index contributed by atoms with van der Waals surface area (Å²) in [6.07, 6.45) is 7.47. The van der Waals surface area contributed by atoms with Crippen molar-refractivity contribution in [1.29, 1.82) is 0 Å². The number of unbranched alkanes of at least 4 members (excludes halogenated alkanes) is 3. The Labute approximate surface area is 213 Å². The summed E-state index contributed by atoms with van der Waals surface area (Å²) in [4.78, 5) is 32.6. The Bertz CT molecular complexity index is 661. The van der Waals surface area contributed by atoms with Gasteiger partial charge in [0.25, 0.3) is 0 Å². The molecule has 0 heterocycles. The molecule has 1 unspecified atom stereocenters. The van der Waals surface area contributed by atoms with Gasteiger partial charge >= 0.3 is 0 Å². The van der Waals surface area contributed by atoms with Gasteiger partial charge in [-0.15, -0.1) is 0 Å². The lowest BCUT2D eigenvalue weighted by molar-refractivity contribution is -0.130. The molecule has 35 heavy (non-hydrogen) atoms. The highest BCUT2D eigenvalue weighted by Gasteiger charge is 2.19. The number of amidine groups is 2. The van der Waals surface area contributed by atoms with Crippen LogP contribution in [-0.4, -0.2) is 59.9 Å². The molecule has 0 aromatic heterocycles. The van der Waals surface area contributed by atoms with Gasteiger partial charge in [0.15, 0.2) is 0 Å². The van der Waals surface area contributed by atoms with Crippen molar-refractivity contribution in [3.63, 3.8) is 0 Å². The topological polar surface area (TPSA) is 155 Å². The Hall–Kier alpha value is -2.16. The van der Waals surface area contributed by atoms with Gasteiger partial charge in [-0.25, -0.2) is 0 Å². The van der Waals surface area contributed by atoms with Crippen molar-refractivity contribution >= 4 is 23.5 Å². The number of aliphatic hydroxyl groups excluding tert-OH is 1. The Morgan fingerprint density at radius 2 is 1.46 bits per heavy atom. The fourth-order valence-corrected chi connectivity index (χ4v) is 3.20. The second-order valence-corrected chi connectivity index (χ2v) is 10.3. The van der Waals surface area contributed by atoms with Crippen molar-refractivity contribution in [2.24, 2.45) is 27.4 Å². The number of aliphatic imine (C=N–C) groups is 2. The summed E-state index contributed by atoms with van der Waals surface area (Å²) in [5.74, 6) is 1.47. The summed E-state index contributed by atoms with van der Waals surface area (Å²) in [6, 6.07) is 0. The van der Waals surface area contributed by atoms with Crippen molar-refractivity contribution in [3.8, 4) is 0 Å². The number of rotatable bonds is 20. The second-order valence-electron chi connectivity index (χ2n) is 10.3. The smallest absolute Gasteiger partial charge is 0.248 e. The van der Waals surface area contributed by atoms with Crippen molar-refractivity contribution < 1.29 is 14.7 Å². The van der Waals surface area contributed by atoms with E-state index in [-0.39, 0.29) is 24.3 Å². The Kier molecular flexibility index (Phi) is 17.9. The van der Waals surface area contributed by atoms with Crippen LogP contribution in [-0.2, 0) is 9.59 Å². The molecule has 204 valence electrons. The lowest BCUT2D eigenvalue weighted by Gasteiger charge is -2.24. The Morgan fingerprint density at radius 3 is 2.00 bits per heavy atom. The molecular weight excluding hydrogens is 444 g/mol. The van der Waals surface area contributed by atoms with Gasteiger partial charge in [0.2, 0.25) is 11.8 Å². The first-order valence-electron chi connectivity index (χ1n) is 13.3. The van der Waals surface area contributed by atoms with Crippen LogP contribution < -0.4 is 22.1 Å². The third-order valence-corrected chi connectivity index (χ3v) is 5.91. The Morgan fingerprint density at radius 1 is 0.886 bits per heavy atom. The number of amides is 2. The summed E-state index contributed by atoms with van der Waals surface area (Å²) >= 11 is 0. The molecule has 0 saturated carbocycles. The molecule has 1 atom stereocenters. The van der Waals surface area contributed by atoms with Crippen molar-refractivity contribution in [1.82, 2.24) is 10.6 Å². The van der Waals surface area contributed by atoms with Crippen LogP contribution >= 0.6 is 0 Å². The molecule has 0 bridgehead atoms. The Balaban J connectivity index is 3.85. The first-order valence-corrected chi connectivity index (χ1v) is 13.3. The van der Waals surface area contributed by atoms with Crippen LogP contribution in [0.3, 0.4) is 0 Å². The number of nitrogens with zero attached hydrogens (tertiary/aromatic N) is 2. The first-order chi connectivity index (χ1) is 16.5. The van der Waals surface area contributed by atoms with E-state index in [4.69, 9.17) is 11.5 Å². The van der Waals surface area contributed by atoms with Gasteiger partial charge in [0, 0.05) is 37.9 Å². The third-order valence-electron chi connectivity index (χ3n) is 5.91. The first kappa shape index (κ1) is 32.8. The molecular formula is C26H52N6O3. The summed E-state index contributed by atoms with van der Waals surface area (Å²) in [7, 11) is 0. The molecule has 0 aromatic rings. The van der Waals surface area contributed by atoms with E-state index < -0.39 is 12.0 Å². The highest BCUT2D eigenvalue weighted by Crippen LogP contribution is 2.09. The summed E-state index contributed by atoms with van der Waals surface area (Å²) < 4.78 is 0. The minimum absolute atomic E-state index is 0.0654. The second kappa shape index (κ2) is 19.1. The molecule has 0 saturated heterocycles. The van der Waals surface area contributed by atoms with Crippen LogP contribution in [0.1, 0.15) is 105 Å². The molecule has 2 amide bonds. The fraction of sp³-hybridized carbons (Fsp3) is 0.846. The number of nitrogens with two attached hydrogens (primary N) is 2. The molecule has 9 nitrogen and oxygen atoms in total. The average Bonchev–Trinajstić information content (AvgIpc) is 2.78. The van der Waals surface area contributed by atoms with E-state index in [0.29, 0.717) is 31.3 Å². The average molecular weight is 497 g/mol. The van der Waals surface area contributed by atoms with Gasteiger partial charge < -0.3 is 27.2 Å². The largest absolute Gasteiger partial charge is 0.387 e. The number of hydrogen-bond acceptors (Lipinski definition) is 5. The van der Waals surface area contributed by atoms with Gasteiger partial charge in [0.05, 0.1) is 18.2 Å². The summed E-state index contributed by atoms with van der Waals surface area (Å²) in [5.41, 5.74) is 11.6. The van der Waals surface area contributed by atoms with Gasteiger partial charge in [0.1, 0.15) is 6.10 Å². The number of aliphatic hydroxyl groups is 1. The minimum Gasteiger partial charge on any atom is -0.387 e. The summed E-state index contributed by atoms with van der Waals surface area (Å²) in [5, 5.41) is 15.6. The van der Waals surface area contributed by atoms with E-state index in [0.717, 1.165) is 63.7 Å². The molecule has 9 heteroatoms. The molecule has 0 aromatic carbocycles. The third kappa shape index (κ3) is 19.8. The molecule has 0 radical (unpaired) electrons. The van der Waals surface area contributed by atoms with Gasteiger partial charge in [-0.1, -0.05) is 33.6 Å². The molecule has 0 spiro atoms. The zero-order chi connectivity index (χ0) is 26.7. The number of hydrogen-bond donors (Lipinski definition) is 5. The van der Waals surface area contributed by atoms with Crippen LogP contribution in [0.5, 0.6) is 0 Å². The number of carbonyl (C=O) groups is 2. The van der Waals surface area contributed by atoms with E-state index in [2.05, 4.69) is 34.5 Å². The monoisotopic (exact) mass is 496 g/mol. The van der Waals surface area contributed by atoms with E-state index in [1.807, 2.05) is 20.8 Å². The molecule has 0 aliphatic carbocycles.